The largest absolute Gasteiger partial charge is 0.367 e. The fraction of sp³-hybridized carbons (Fsp3) is 0.789. The van der Waals surface area contributed by atoms with Crippen LogP contribution < -0.4 is 5.73 Å². The van der Waals surface area contributed by atoms with Crippen molar-refractivity contribution in [2.75, 3.05) is 19.7 Å². The Morgan fingerprint density at radius 2 is 1.71 bits per heavy atom. The van der Waals surface area contributed by atoms with Gasteiger partial charge in [0.1, 0.15) is 0 Å². The molecular weight excluding hydrogens is 304 g/mol. The van der Waals surface area contributed by atoms with Crippen LogP contribution in [-0.4, -0.2) is 42.5 Å². The zero-order valence-electron chi connectivity index (χ0n) is 14.5. The first-order valence-corrected chi connectivity index (χ1v) is 9.34. The molecule has 1 saturated heterocycles. The van der Waals surface area contributed by atoms with Gasteiger partial charge in [-0.3, -0.25) is 9.59 Å². The predicted octanol–water partition coefficient (Wildman–Crippen LogP) is 1.86. The topological polar surface area (TPSA) is 72.6 Å². The van der Waals surface area contributed by atoms with Crippen LogP contribution in [-0.2, 0) is 14.3 Å². The molecular formula is C19H28N2O3. The van der Waals surface area contributed by atoms with E-state index < -0.39 is 12.0 Å². The fourth-order valence-corrected chi connectivity index (χ4v) is 6.04. The van der Waals surface area contributed by atoms with Gasteiger partial charge in [0.25, 0.3) is 0 Å². The zero-order chi connectivity index (χ0) is 16.9. The van der Waals surface area contributed by atoms with Gasteiger partial charge in [-0.2, -0.15) is 0 Å². The van der Waals surface area contributed by atoms with Crippen molar-refractivity contribution in [2.45, 2.75) is 51.6 Å². The highest BCUT2D eigenvalue weighted by Gasteiger charge is 2.51. The first kappa shape index (κ1) is 16.1. The lowest BCUT2D eigenvalue weighted by atomic mass is 9.48. The number of nitrogens with two attached hydrogens (primary N) is 1. The van der Waals surface area contributed by atoms with Crippen molar-refractivity contribution in [3.05, 3.63) is 11.6 Å². The highest BCUT2D eigenvalue weighted by molar-refractivity contribution is 5.89. The summed E-state index contributed by atoms with van der Waals surface area (Å²) < 4.78 is 5.34. The molecule has 5 aliphatic rings. The van der Waals surface area contributed by atoms with Gasteiger partial charge >= 0.3 is 0 Å². The van der Waals surface area contributed by atoms with E-state index in [0.717, 1.165) is 17.8 Å². The quantitative estimate of drug-likeness (QED) is 0.802. The maximum absolute atomic E-state index is 12.7. The summed E-state index contributed by atoms with van der Waals surface area (Å²) in [4.78, 5) is 25.7. The smallest absolute Gasteiger partial charge is 0.248 e. The normalized spacial score (nSPS) is 41.5. The van der Waals surface area contributed by atoms with Crippen LogP contribution in [0.1, 0.15) is 45.4 Å². The number of carbonyl (C=O) groups is 2. The van der Waals surface area contributed by atoms with Crippen LogP contribution >= 0.6 is 0 Å². The number of hydrogen-bond acceptors (Lipinski definition) is 3. The lowest BCUT2D eigenvalue weighted by molar-refractivity contribution is -0.142. The minimum absolute atomic E-state index is 0.0118. The molecule has 24 heavy (non-hydrogen) atoms. The second-order valence-corrected chi connectivity index (χ2v) is 8.57. The summed E-state index contributed by atoms with van der Waals surface area (Å²) >= 11 is 0. The Labute approximate surface area is 143 Å². The summed E-state index contributed by atoms with van der Waals surface area (Å²) in [5, 5.41) is 0. The van der Waals surface area contributed by atoms with Crippen molar-refractivity contribution in [2.24, 2.45) is 28.9 Å². The van der Waals surface area contributed by atoms with Gasteiger partial charge < -0.3 is 15.4 Å². The number of amides is 2. The molecule has 0 aromatic heterocycles. The SMILES string of the molecule is C/C(=C\C(=O)N1CCOC(C(N)=O)C1)C12CC3CC(CC(C3)C1)C2. The van der Waals surface area contributed by atoms with Gasteiger partial charge in [-0.25, -0.2) is 0 Å². The second kappa shape index (κ2) is 5.87. The first-order valence-electron chi connectivity index (χ1n) is 9.34. The molecule has 0 aromatic carbocycles. The van der Waals surface area contributed by atoms with E-state index in [1.54, 1.807) is 4.90 Å². The summed E-state index contributed by atoms with van der Waals surface area (Å²) in [6.07, 6.45) is 9.19. The molecule has 5 nitrogen and oxygen atoms in total. The number of morpholine rings is 1. The Morgan fingerprint density at radius 1 is 1.12 bits per heavy atom. The first-order chi connectivity index (χ1) is 11.4. The number of hydrogen-bond donors (Lipinski definition) is 1. The highest BCUT2D eigenvalue weighted by Crippen LogP contribution is 2.62. The Balaban J connectivity index is 1.48. The van der Waals surface area contributed by atoms with E-state index in [-0.39, 0.29) is 17.9 Å². The van der Waals surface area contributed by atoms with E-state index in [0.29, 0.717) is 13.2 Å². The minimum atomic E-state index is -0.670. The molecule has 4 saturated carbocycles. The van der Waals surface area contributed by atoms with Crippen molar-refractivity contribution in [1.29, 1.82) is 0 Å². The third kappa shape index (κ3) is 2.77. The highest BCUT2D eigenvalue weighted by atomic mass is 16.5. The summed E-state index contributed by atoms with van der Waals surface area (Å²) in [7, 11) is 0. The van der Waals surface area contributed by atoms with Crippen molar-refractivity contribution >= 4 is 11.8 Å². The number of primary amides is 1. The Hall–Kier alpha value is -1.36. The van der Waals surface area contributed by atoms with Gasteiger partial charge in [0.2, 0.25) is 11.8 Å². The molecule has 2 amide bonds. The third-order valence-electron chi connectivity index (χ3n) is 6.91. The second-order valence-electron chi connectivity index (χ2n) is 8.57. The molecule has 4 bridgehead atoms. The molecule has 0 aromatic rings. The number of rotatable bonds is 3. The van der Waals surface area contributed by atoms with Gasteiger partial charge in [-0.15, -0.1) is 0 Å². The van der Waals surface area contributed by atoms with Crippen LogP contribution in [0.4, 0.5) is 0 Å². The Bertz CT molecular complexity index is 548. The van der Waals surface area contributed by atoms with Crippen molar-refractivity contribution < 1.29 is 14.3 Å². The number of ether oxygens (including phenoxy) is 1. The fourth-order valence-electron chi connectivity index (χ4n) is 6.04. The van der Waals surface area contributed by atoms with Crippen molar-refractivity contribution in [1.82, 2.24) is 4.90 Å². The predicted molar refractivity (Wildman–Crippen MR) is 89.9 cm³/mol. The monoisotopic (exact) mass is 332 g/mol. The van der Waals surface area contributed by atoms with E-state index in [1.807, 2.05) is 6.08 Å². The number of carbonyl (C=O) groups excluding carboxylic acids is 2. The number of nitrogens with zero attached hydrogens (tertiary/aromatic N) is 1. The maximum Gasteiger partial charge on any atom is 0.248 e. The summed E-state index contributed by atoms with van der Waals surface area (Å²) in [5.74, 6) is 2.14. The molecule has 4 aliphatic carbocycles. The number of allylic oxidation sites excluding steroid dienone is 1. The van der Waals surface area contributed by atoms with Crippen molar-refractivity contribution in [3.63, 3.8) is 0 Å². The average Bonchev–Trinajstić information content (AvgIpc) is 2.53. The molecule has 0 radical (unpaired) electrons. The van der Waals surface area contributed by atoms with Crippen LogP contribution in [0.15, 0.2) is 11.6 Å². The maximum atomic E-state index is 12.7. The van der Waals surface area contributed by atoms with Crippen LogP contribution in [0.3, 0.4) is 0 Å². The van der Waals surface area contributed by atoms with E-state index in [9.17, 15) is 9.59 Å². The van der Waals surface area contributed by atoms with Crippen LogP contribution in [0, 0.1) is 23.2 Å². The molecule has 132 valence electrons. The average molecular weight is 332 g/mol. The van der Waals surface area contributed by atoms with Gasteiger partial charge in [0.05, 0.1) is 13.2 Å². The van der Waals surface area contributed by atoms with Crippen LogP contribution in [0.2, 0.25) is 0 Å². The molecule has 0 spiro atoms. The Morgan fingerprint density at radius 3 is 2.25 bits per heavy atom. The molecule has 5 fully saturated rings. The van der Waals surface area contributed by atoms with Crippen LogP contribution in [0.25, 0.3) is 0 Å². The standard InChI is InChI=1S/C19H28N2O3/c1-12(4-17(22)21-2-3-24-16(11-21)18(20)23)19-8-13-5-14(9-19)7-15(6-13)10-19/h4,13-16H,2-3,5-11H2,1H3,(H2,20,23)/b12-4+. The summed E-state index contributed by atoms with van der Waals surface area (Å²) in [6, 6.07) is 0. The molecule has 2 N–H and O–H groups in total. The lowest BCUT2D eigenvalue weighted by Crippen LogP contribution is -2.50. The van der Waals surface area contributed by atoms with Crippen molar-refractivity contribution in [3.8, 4) is 0 Å². The van der Waals surface area contributed by atoms with Gasteiger partial charge in [0, 0.05) is 12.6 Å². The van der Waals surface area contributed by atoms with Gasteiger partial charge in [-0.05, 0) is 68.6 Å². The summed E-state index contributed by atoms with van der Waals surface area (Å²) in [5.41, 5.74) is 6.84. The molecule has 1 aliphatic heterocycles. The van der Waals surface area contributed by atoms with E-state index in [2.05, 4.69) is 6.92 Å². The zero-order valence-corrected chi connectivity index (χ0v) is 14.5. The lowest BCUT2D eigenvalue weighted by Gasteiger charge is -2.57. The summed E-state index contributed by atoms with van der Waals surface area (Å²) in [6.45, 7) is 3.34. The van der Waals surface area contributed by atoms with Gasteiger partial charge in [-0.1, -0.05) is 5.57 Å². The molecule has 1 unspecified atom stereocenters. The van der Waals surface area contributed by atoms with E-state index in [1.165, 1.54) is 44.1 Å². The molecule has 5 heteroatoms. The minimum Gasteiger partial charge on any atom is -0.367 e. The van der Waals surface area contributed by atoms with E-state index in [4.69, 9.17) is 10.5 Å². The van der Waals surface area contributed by atoms with Gasteiger partial charge in [0.15, 0.2) is 6.10 Å². The Kier molecular flexibility index (Phi) is 3.94. The molecule has 1 heterocycles. The third-order valence-corrected chi connectivity index (χ3v) is 6.91. The van der Waals surface area contributed by atoms with Crippen LogP contribution in [0.5, 0.6) is 0 Å². The molecule has 1 atom stereocenters. The van der Waals surface area contributed by atoms with E-state index >= 15 is 0 Å². The molecule has 5 rings (SSSR count).